The molecule has 0 unspecified atom stereocenters. The van der Waals surface area contributed by atoms with Crippen molar-refractivity contribution < 1.29 is 22.7 Å². The SMILES string of the molecule is CCOc1ccccc1N(CC(=O)N(Cc1cccc(Br)c1)[C@H](C)C(=O)NC(C)(C)C)S(C)(=O)=O. The Morgan fingerprint density at radius 1 is 1.11 bits per heavy atom. The van der Waals surface area contributed by atoms with Crippen LogP contribution in [-0.2, 0) is 26.2 Å². The third-order valence-corrected chi connectivity index (χ3v) is 6.64. The molecular weight excluding hydrogens is 534 g/mol. The standard InChI is InChI=1S/C25H34BrN3O5S/c1-7-34-22-14-9-8-13-21(22)29(35(6,32)33)17-23(30)28(16-19-11-10-12-20(26)15-19)18(2)24(31)27-25(3,4)5/h8-15,18H,7,16-17H2,1-6H3,(H,27,31)/t18-/m1/s1. The molecule has 1 N–H and O–H groups in total. The molecule has 0 aromatic heterocycles. The molecule has 1 atom stereocenters. The zero-order chi connectivity index (χ0) is 26.4. The summed E-state index contributed by atoms with van der Waals surface area (Å²) in [5.41, 5.74) is 0.563. The number of benzene rings is 2. The third-order valence-electron chi connectivity index (χ3n) is 5.02. The van der Waals surface area contributed by atoms with Crippen LogP contribution >= 0.6 is 15.9 Å². The van der Waals surface area contributed by atoms with Gasteiger partial charge in [0.25, 0.3) is 0 Å². The molecule has 0 saturated heterocycles. The molecule has 0 aliphatic rings. The van der Waals surface area contributed by atoms with Gasteiger partial charge in [-0.1, -0.05) is 40.2 Å². The van der Waals surface area contributed by atoms with Crippen LogP contribution in [0.4, 0.5) is 5.69 Å². The Hall–Kier alpha value is -2.59. The van der Waals surface area contributed by atoms with Crippen LogP contribution in [-0.4, -0.2) is 56.1 Å². The van der Waals surface area contributed by atoms with Gasteiger partial charge in [-0.2, -0.15) is 0 Å². The highest BCUT2D eigenvalue weighted by Crippen LogP contribution is 2.30. The first-order valence-electron chi connectivity index (χ1n) is 11.3. The number of rotatable bonds is 10. The highest BCUT2D eigenvalue weighted by molar-refractivity contribution is 9.10. The molecule has 8 nitrogen and oxygen atoms in total. The van der Waals surface area contributed by atoms with Crippen molar-refractivity contribution >= 4 is 43.5 Å². The summed E-state index contributed by atoms with van der Waals surface area (Å²) in [5, 5.41) is 2.90. The first-order chi connectivity index (χ1) is 16.2. The number of hydrogen-bond acceptors (Lipinski definition) is 5. The van der Waals surface area contributed by atoms with Crippen LogP contribution < -0.4 is 14.4 Å². The molecule has 35 heavy (non-hydrogen) atoms. The first-order valence-corrected chi connectivity index (χ1v) is 13.9. The van der Waals surface area contributed by atoms with Gasteiger partial charge in [0.1, 0.15) is 18.3 Å². The van der Waals surface area contributed by atoms with E-state index in [-0.39, 0.29) is 18.1 Å². The van der Waals surface area contributed by atoms with Gasteiger partial charge in [0.05, 0.1) is 18.6 Å². The van der Waals surface area contributed by atoms with E-state index in [0.29, 0.717) is 12.4 Å². The highest BCUT2D eigenvalue weighted by atomic mass is 79.9. The van der Waals surface area contributed by atoms with Crippen molar-refractivity contribution in [3.8, 4) is 5.75 Å². The Morgan fingerprint density at radius 2 is 1.77 bits per heavy atom. The number of halogens is 1. The monoisotopic (exact) mass is 567 g/mol. The van der Waals surface area contributed by atoms with E-state index in [1.165, 1.54) is 4.90 Å². The fourth-order valence-electron chi connectivity index (χ4n) is 3.42. The van der Waals surface area contributed by atoms with Crippen LogP contribution in [0.25, 0.3) is 0 Å². The van der Waals surface area contributed by atoms with Gasteiger partial charge >= 0.3 is 0 Å². The van der Waals surface area contributed by atoms with E-state index >= 15 is 0 Å². The van der Waals surface area contributed by atoms with Crippen molar-refractivity contribution in [1.82, 2.24) is 10.2 Å². The fourth-order valence-corrected chi connectivity index (χ4v) is 4.72. The zero-order valence-electron chi connectivity index (χ0n) is 21.0. The van der Waals surface area contributed by atoms with E-state index in [4.69, 9.17) is 4.74 Å². The maximum Gasteiger partial charge on any atom is 0.244 e. The highest BCUT2D eigenvalue weighted by Gasteiger charge is 2.32. The Balaban J connectivity index is 2.45. The molecular formula is C25H34BrN3O5S. The first kappa shape index (κ1) is 28.6. The number of carbonyl (C=O) groups excluding carboxylic acids is 2. The van der Waals surface area contributed by atoms with Crippen LogP contribution in [0.5, 0.6) is 5.75 Å². The number of hydrogen-bond donors (Lipinski definition) is 1. The average molecular weight is 569 g/mol. The summed E-state index contributed by atoms with van der Waals surface area (Å²) in [4.78, 5) is 28.0. The minimum absolute atomic E-state index is 0.127. The number of ether oxygens (including phenoxy) is 1. The molecule has 0 aliphatic carbocycles. The summed E-state index contributed by atoms with van der Waals surface area (Å²) in [6, 6.07) is 13.2. The Kier molecular flexibility index (Phi) is 9.74. The topological polar surface area (TPSA) is 96.0 Å². The summed E-state index contributed by atoms with van der Waals surface area (Å²) in [5.74, 6) is -0.495. The minimum atomic E-state index is -3.84. The van der Waals surface area contributed by atoms with Crippen molar-refractivity contribution in [1.29, 1.82) is 0 Å². The van der Waals surface area contributed by atoms with E-state index in [1.807, 2.05) is 45.0 Å². The van der Waals surface area contributed by atoms with Crippen molar-refractivity contribution in [3.05, 3.63) is 58.6 Å². The van der Waals surface area contributed by atoms with E-state index in [2.05, 4.69) is 21.2 Å². The van der Waals surface area contributed by atoms with Crippen molar-refractivity contribution in [2.45, 2.75) is 52.7 Å². The van der Waals surface area contributed by atoms with Crippen LogP contribution in [0, 0.1) is 0 Å². The van der Waals surface area contributed by atoms with Crippen molar-refractivity contribution in [2.75, 3.05) is 23.7 Å². The maximum atomic E-state index is 13.6. The predicted molar refractivity (Wildman–Crippen MR) is 142 cm³/mol. The molecule has 0 bridgehead atoms. The number of nitrogens with zero attached hydrogens (tertiary/aromatic N) is 2. The lowest BCUT2D eigenvalue weighted by atomic mass is 10.1. The van der Waals surface area contributed by atoms with Gasteiger partial charge in [0, 0.05) is 16.6 Å². The summed E-state index contributed by atoms with van der Waals surface area (Å²) < 4.78 is 33.0. The molecule has 0 spiro atoms. The zero-order valence-corrected chi connectivity index (χ0v) is 23.4. The van der Waals surface area contributed by atoms with Gasteiger partial charge in [0.15, 0.2) is 0 Å². The summed E-state index contributed by atoms with van der Waals surface area (Å²) in [6.07, 6.45) is 1.04. The molecule has 0 fully saturated rings. The van der Waals surface area contributed by atoms with Crippen LogP contribution in [0.15, 0.2) is 53.0 Å². The van der Waals surface area contributed by atoms with E-state index in [1.54, 1.807) is 38.1 Å². The lowest BCUT2D eigenvalue weighted by Crippen LogP contribution is -2.54. The van der Waals surface area contributed by atoms with Gasteiger partial charge < -0.3 is 15.0 Å². The molecule has 10 heteroatoms. The van der Waals surface area contributed by atoms with Crippen molar-refractivity contribution in [3.63, 3.8) is 0 Å². The molecule has 0 radical (unpaired) electrons. The predicted octanol–water partition coefficient (Wildman–Crippen LogP) is 3.95. The number of nitrogens with one attached hydrogen (secondary N) is 1. The molecule has 2 aromatic carbocycles. The smallest absolute Gasteiger partial charge is 0.244 e. The van der Waals surface area contributed by atoms with Gasteiger partial charge in [-0.25, -0.2) is 8.42 Å². The quantitative estimate of drug-likeness (QED) is 0.469. The van der Waals surface area contributed by atoms with E-state index in [0.717, 1.165) is 20.6 Å². The summed E-state index contributed by atoms with van der Waals surface area (Å²) >= 11 is 3.43. The Bertz CT molecular complexity index is 1150. The van der Waals surface area contributed by atoms with Gasteiger partial charge in [-0.3, -0.25) is 13.9 Å². The van der Waals surface area contributed by atoms with Gasteiger partial charge in [0.2, 0.25) is 21.8 Å². The van der Waals surface area contributed by atoms with Gasteiger partial charge in [-0.05, 0) is 64.4 Å². The second-order valence-corrected chi connectivity index (χ2v) is 12.1. The Labute approximate surface area is 216 Å². The molecule has 192 valence electrons. The number of amides is 2. The lowest BCUT2D eigenvalue weighted by molar-refractivity contribution is -0.140. The molecule has 0 saturated carbocycles. The molecule has 0 heterocycles. The fraction of sp³-hybridized carbons (Fsp3) is 0.440. The minimum Gasteiger partial charge on any atom is -0.492 e. The van der Waals surface area contributed by atoms with Crippen molar-refractivity contribution in [2.24, 2.45) is 0 Å². The number of anilines is 1. The Morgan fingerprint density at radius 3 is 2.34 bits per heavy atom. The van der Waals surface area contributed by atoms with E-state index in [9.17, 15) is 18.0 Å². The van der Waals surface area contributed by atoms with Gasteiger partial charge in [-0.15, -0.1) is 0 Å². The van der Waals surface area contributed by atoms with E-state index < -0.39 is 34.1 Å². The second-order valence-electron chi connectivity index (χ2n) is 9.24. The van der Waals surface area contributed by atoms with Crippen LogP contribution in [0.1, 0.15) is 40.2 Å². The average Bonchev–Trinajstić information content (AvgIpc) is 2.74. The maximum absolute atomic E-state index is 13.6. The molecule has 2 amide bonds. The second kappa shape index (κ2) is 11.9. The molecule has 2 rings (SSSR count). The lowest BCUT2D eigenvalue weighted by Gasteiger charge is -2.33. The van der Waals surface area contributed by atoms with Crippen LogP contribution in [0.3, 0.4) is 0 Å². The summed E-state index contributed by atoms with van der Waals surface area (Å²) in [6.45, 7) is 8.97. The largest absolute Gasteiger partial charge is 0.492 e. The summed E-state index contributed by atoms with van der Waals surface area (Å²) in [7, 11) is -3.84. The number of sulfonamides is 1. The number of para-hydroxylation sites is 2. The normalized spacial score (nSPS) is 12.5. The number of carbonyl (C=O) groups is 2. The van der Waals surface area contributed by atoms with Crippen LogP contribution in [0.2, 0.25) is 0 Å². The molecule has 0 aliphatic heterocycles. The third kappa shape index (κ3) is 8.54. The molecule has 2 aromatic rings.